The van der Waals surface area contributed by atoms with Gasteiger partial charge in [-0.15, -0.1) is 0 Å². The molecule has 0 bridgehead atoms. The van der Waals surface area contributed by atoms with E-state index in [0.29, 0.717) is 37.6 Å². The summed E-state index contributed by atoms with van der Waals surface area (Å²) in [6.07, 6.45) is 2.92. The molecule has 0 saturated carbocycles. The van der Waals surface area contributed by atoms with Crippen LogP contribution in [-0.2, 0) is 14.9 Å². The van der Waals surface area contributed by atoms with Gasteiger partial charge in [0, 0.05) is 13.2 Å². The smallest absolute Gasteiger partial charge is 0.235 e. The number of aromatic nitrogens is 1. The highest BCUT2D eigenvalue weighted by Gasteiger charge is 2.41. The topological polar surface area (TPSA) is 77.2 Å². The zero-order chi connectivity index (χ0) is 16.3. The third-order valence-corrected chi connectivity index (χ3v) is 4.43. The molecule has 1 aromatic carbocycles. The van der Waals surface area contributed by atoms with Crippen molar-refractivity contribution in [2.45, 2.75) is 25.2 Å². The van der Waals surface area contributed by atoms with Gasteiger partial charge in [-0.3, -0.25) is 4.79 Å². The lowest BCUT2D eigenvalue weighted by molar-refractivity contribution is -0.125. The van der Waals surface area contributed by atoms with Crippen LogP contribution in [0.5, 0.6) is 0 Å². The molecule has 1 saturated heterocycles. The van der Waals surface area contributed by atoms with Crippen molar-refractivity contribution in [2.24, 2.45) is 0 Å². The molecule has 120 valence electrons. The number of hydrogen-bond donors (Lipinski definition) is 2. The van der Waals surface area contributed by atoms with E-state index in [1.165, 1.54) is 5.56 Å². The van der Waals surface area contributed by atoms with E-state index in [9.17, 15) is 4.79 Å². The second-order valence-electron chi connectivity index (χ2n) is 5.99. The van der Waals surface area contributed by atoms with E-state index in [-0.39, 0.29) is 5.91 Å². The number of amides is 1. The standard InChI is InChI=1S/C18H21N3O2/c1-13-2-4-14(5-3-13)18(8-10-23-11-9-18)17(22)21-15-6-7-16(19)20-12-15/h2-7,12H,8-11H2,1H3,(H2,19,20)(H,21,22). The first-order chi connectivity index (χ1) is 11.1. The molecule has 0 radical (unpaired) electrons. The van der Waals surface area contributed by atoms with Gasteiger partial charge in [-0.05, 0) is 37.5 Å². The Kier molecular flexibility index (Phi) is 4.30. The number of hydrogen-bond acceptors (Lipinski definition) is 4. The van der Waals surface area contributed by atoms with Gasteiger partial charge in [0.05, 0.1) is 17.3 Å². The first-order valence-corrected chi connectivity index (χ1v) is 7.78. The van der Waals surface area contributed by atoms with Crippen LogP contribution in [0.4, 0.5) is 11.5 Å². The number of carbonyl (C=O) groups is 1. The minimum atomic E-state index is -0.562. The van der Waals surface area contributed by atoms with Gasteiger partial charge >= 0.3 is 0 Å². The average molecular weight is 311 g/mol. The Hall–Kier alpha value is -2.40. The van der Waals surface area contributed by atoms with Gasteiger partial charge in [-0.1, -0.05) is 29.8 Å². The predicted octanol–water partition coefficient (Wildman–Crippen LogP) is 2.66. The first-order valence-electron chi connectivity index (χ1n) is 7.78. The molecule has 3 N–H and O–H groups in total. The molecule has 2 aromatic rings. The van der Waals surface area contributed by atoms with Gasteiger partial charge < -0.3 is 15.8 Å². The monoisotopic (exact) mass is 311 g/mol. The van der Waals surface area contributed by atoms with Crippen molar-refractivity contribution in [1.82, 2.24) is 4.98 Å². The molecule has 1 aromatic heterocycles. The molecule has 3 rings (SSSR count). The number of nitrogen functional groups attached to an aromatic ring is 1. The molecule has 5 nitrogen and oxygen atoms in total. The van der Waals surface area contributed by atoms with E-state index < -0.39 is 5.41 Å². The molecule has 1 aliphatic heterocycles. The van der Waals surface area contributed by atoms with Crippen LogP contribution < -0.4 is 11.1 Å². The summed E-state index contributed by atoms with van der Waals surface area (Å²) < 4.78 is 5.48. The van der Waals surface area contributed by atoms with Crippen LogP contribution in [0, 0.1) is 6.92 Å². The highest BCUT2D eigenvalue weighted by Crippen LogP contribution is 2.36. The number of nitrogens with zero attached hydrogens (tertiary/aromatic N) is 1. The Bertz CT molecular complexity index is 674. The molecule has 1 fully saturated rings. The number of aryl methyl sites for hydroxylation is 1. The van der Waals surface area contributed by atoms with E-state index in [1.54, 1.807) is 18.3 Å². The Morgan fingerprint density at radius 1 is 1.17 bits per heavy atom. The third-order valence-electron chi connectivity index (χ3n) is 4.43. The average Bonchev–Trinajstić information content (AvgIpc) is 2.58. The maximum atomic E-state index is 13.0. The van der Waals surface area contributed by atoms with Gasteiger partial charge in [0.15, 0.2) is 0 Å². The molecule has 0 aliphatic carbocycles. The molecule has 0 unspecified atom stereocenters. The highest BCUT2D eigenvalue weighted by atomic mass is 16.5. The molecule has 23 heavy (non-hydrogen) atoms. The van der Waals surface area contributed by atoms with Crippen molar-refractivity contribution >= 4 is 17.4 Å². The van der Waals surface area contributed by atoms with E-state index in [4.69, 9.17) is 10.5 Å². The van der Waals surface area contributed by atoms with Gasteiger partial charge in [0.2, 0.25) is 5.91 Å². The van der Waals surface area contributed by atoms with Crippen molar-refractivity contribution in [3.63, 3.8) is 0 Å². The summed E-state index contributed by atoms with van der Waals surface area (Å²) in [4.78, 5) is 17.1. The molecule has 1 amide bonds. The number of anilines is 2. The number of nitrogens with one attached hydrogen (secondary N) is 1. The summed E-state index contributed by atoms with van der Waals surface area (Å²) in [5, 5.41) is 2.98. The van der Waals surface area contributed by atoms with Crippen molar-refractivity contribution in [3.05, 3.63) is 53.7 Å². The molecule has 5 heteroatoms. The summed E-state index contributed by atoms with van der Waals surface area (Å²) >= 11 is 0. The molecule has 0 atom stereocenters. The van der Waals surface area contributed by atoms with Crippen LogP contribution in [0.25, 0.3) is 0 Å². The highest BCUT2D eigenvalue weighted by molar-refractivity contribution is 5.99. The maximum Gasteiger partial charge on any atom is 0.235 e. The van der Waals surface area contributed by atoms with Crippen LogP contribution in [0.3, 0.4) is 0 Å². The van der Waals surface area contributed by atoms with Crippen LogP contribution in [-0.4, -0.2) is 24.1 Å². The predicted molar refractivity (Wildman–Crippen MR) is 90.2 cm³/mol. The van der Waals surface area contributed by atoms with Gasteiger partial charge in [0.1, 0.15) is 5.82 Å². The quantitative estimate of drug-likeness (QED) is 0.913. The fourth-order valence-electron chi connectivity index (χ4n) is 2.97. The molecule has 1 aliphatic rings. The van der Waals surface area contributed by atoms with E-state index in [1.807, 2.05) is 31.2 Å². The first kappa shape index (κ1) is 15.5. The van der Waals surface area contributed by atoms with Crippen LogP contribution in [0.1, 0.15) is 24.0 Å². The minimum Gasteiger partial charge on any atom is -0.384 e. The number of pyridine rings is 1. The summed E-state index contributed by atoms with van der Waals surface area (Å²) in [5.41, 5.74) is 7.90. The van der Waals surface area contributed by atoms with Gasteiger partial charge in [0.25, 0.3) is 0 Å². The Morgan fingerprint density at radius 2 is 1.87 bits per heavy atom. The maximum absolute atomic E-state index is 13.0. The molecular formula is C18H21N3O2. The lowest BCUT2D eigenvalue weighted by Crippen LogP contribution is -2.44. The third kappa shape index (κ3) is 3.19. The zero-order valence-corrected chi connectivity index (χ0v) is 13.2. The zero-order valence-electron chi connectivity index (χ0n) is 13.2. The summed E-state index contributed by atoms with van der Waals surface area (Å²) in [7, 11) is 0. The summed E-state index contributed by atoms with van der Waals surface area (Å²) in [6.45, 7) is 3.21. The van der Waals surface area contributed by atoms with Crippen molar-refractivity contribution in [3.8, 4) is 0 Å². The number of nitrogens with two attached hydrogens (primary N) is 1. The lowest BCUT2D eigenvalue weighted by atomic mass is 9.73. The minimum absolute atomic E-state index is 0.0174. The van der Waals surface area contributed by atoms with Crippen molar-refractivity contribution < 1.29 is 9.53 Å². The van der Waals surface area contributed by atoms with Gasteiger partial charge in [-0.2, -0.15) is 0 Å². The fourth-order valence-corrected chi connectivity index (χ4v) is 2.97. The van der Waals surface area contributed by atoms with Crippen LogP contribution in [0.2, 0.25) is 0 Å². The number of rotatable bonds is 3. The van der Waals surface area contributed by atoms with E-state index >= 15 is 0 Å². The lowest BCUT2D eigenvalue weighted by Gasteiger charge is -2.36. The fraction of sp³-hybridized carbons (Fsp3) is 0.333. The molecular weight excluding hydrogens is 290 g/mol. The van der Waals surface area contributed by atoms with Crippen LogP contribution in [0.15, 0.2) is 42.6 Å². The largest absolute Gasteiger partial charge is 0.384 e. The normalized spacial score (nSPS) is 16.7. The second-order valence-corrected chi connectivity index (χ2v) is 5.99. The Balaban J connectivity index is 1.90. The SMILES string of the molecule is Cc1ccc(C2(C(=O)Nc3ccc(N)nc3)CCOCC2)cc1. The van der Waals surface area contributed by atoms with E-state index in [0.717, 1.165) is 5.56 Å². The van der Waals surface area contributed by atoms with Crippen LogP contribution >= 0.6 is 0 Å². The molecule has 0 spiro atoms. The Morgan fingerprint density at radius 3 is 2.48 bits per heavy atom. The molecule has 2 heterocycles. The number of ether oxygens (including phenoxy) is 1. The van der Waals surface area contributed by atoms with E-state index in [2.05, 4.69) is 10.3 Å². The number of benzene rings is 1. The van der Waals surface area contributed by atoms with Crippen molar-refractivity contribution in [1.29, 1.82) is 0 Å². The number of carbonyl (C=O) groups excluding carboxylic acids is 1. The van der Waals surface area contributed by atoms with Crippen molar-refractivity contribution in [2.75, 3.05) is 24.3 Å². The Labute approximate surface area is 135 Å². The van der Waals surface area contributed by atoms with Gasteiger partial charge in [-0.25, -0.2) is 4.98 Å². The summed E-state index contributed by atoms with van der Waals surface area (Å²) in [6, 6.07) is 11.6. The second kappa shape index (κ2) is 6.38. The summed E-state index contributed by atoms with van der Waals surface area (Å²) in [5.74, 6) is 0.415.